The number of nitrogens with zero attached hydrogens (tertiary/aromatic N) is 2. The van der Waals surface area contributed by atoms with Gasteiger partial charge in [0.15, 0.2) is 5.96 Å². The van der Waals surface area contributed by atoms with Gasteiger partial charge in [0.05, 0.1) is 13.2 Å². The highest BCUT2D eigenvalue weighted by atomic mass is 16.5. The summed E-state index contributed by atoms with van der Waals surface area (Å²) in [5.41, 5.74) is 1.32. The fourth-order valence-corrected chi connectivity index (χ4v) is 3.01. The Balaban J connectivity index is 1.68. The standard InChI is InChI=1S/C19H32N4O2/c1-20-18(21-11-14-25-15-17-7-5-4-6-8-17)22-16-19(23(2)3)9-12-24-13-10-19/h4-8H,9-16H2,1-3H3,(H2,20,21,22). The van der Waals surface area contributed by atoms with Gasteiger partial charge in [-0.15, -0.1) is 0 Å². The molecule has 25 heavy (non-hydrogen) atoms. The molecule has 1 aromatic rings. The number of benzene rings is 1. The van der Waals surface area contributed by atoms with Gasteiger partial charge >= 0.3 is 0 Å². The molecule has 1 heterocycles. The van der Waals surface area contributed by atoms with Crippen LogP contribution in [0.15, 0.2) is 35.3 Å². The van der Waals surface area contributed by atoms with Gasteiger partial charge in [-0.3, -0.25) is 4.99 Å². The van der Waals surface area contributed by atoms with Gasteiger partial charge in [-0.2, -0.15) is 0 Å². The molecule has 1 saturated heterocycles. The van der Waals surface area contributed by atoms with Crippen LogP contribution in [0.1, 0.15) is 18.4 Å². The van der Waals surface area contributed by atoms with Gasteiger partial charge in [0.25, 0.3) is 0 Å². The fourth-order valence-electron chi connectivity index (χ4n) is 3.01. The highest BCUT2D eigenvalue weighted by Gasteiger charge is 2.34. The summed E-state index contributed by atoms with van der Waals surface area (Å²) < 4.78 is 11.2. The van der Waals surface area contributed by atoms with E-state index < -0.39 is 0 Å². The Morgan fingerprint density at radius 1 is 1.20 bits per heavy atom. The molecule has 1 aliphatic rings. The van der Waals surface area contributed by atoms with E-state index in [4.69, 9.17) is 9.47 Å². The van der Waals surface area contributed by atoms with Crippen molar-refractivity contribution in [1.82, 2.24) is 15.5 Å². The van der Waals surface area contributed by atoms with Crippen LogP contribution in [-0.2, 0) is 16.1 Å². The van der Waals surface area contributed by atoms with E-state index in [9.17, 15) is 0 Å². The first-order chi connectivity index (χ1) is 12.2. The van der Waals surface area contributed by atoms with Gasteiger partial charge in [-0.1, -0.05) is 30.3 Å². The van der Waals surface area contributed by atoms with Gasteiger partial charge in [-0.25, -0.2) is 0 Å². The monoisotopic (exact) mass is 348 g/mol. The third-order valence-corrected chi connectivity index (χ3v) is 4.83. The molecule has 1 aliphatic heterocycles. The lowest BCUT2D eigenvalue weighted by molar-refractivity contribution is -0.00502. The van der Waals surface area contributed by atoms with Crippen molar-refractivity contribution in [1.29, 1.82) is 0 Å². The lowest BCUT2D eigenvalue weighted by Crippen LogP contribution is -2.57. The summed E-state index contributed by atoms with van der Waals surface area (Å²) in [6.07, 6.45) is 2.06. The second kappa shape index (κ2) is 10.4. The van der Waals surface area contributed by atoms with Crippen LogP contribution in [0.2, 0.25) is 0 Å². The molecule has 0 aromatic heterocycles. The molecular formula is C19H32N4O2. The molecule has 0 radical (unpaired) electrons. The Hall–Kier alpha value is -1.63. The smallest absolute Gasteiger partial charge is 0.191 e. The second-order valence-electron chi connectivity index (χ2n) is 6.62. The average Bonchev–Trinajstić information content (AvgIpc) is 2.65. The largest absolute Gasteiger partial charge is 0.381 e. The van der Waals surface area contributed by atoms with Gasteiger partial charge in [0.1, 0.15) is 0 Å². The summed E-state index contributed by atoms with van der Waals surface area (Å²) in [5.74, 6) is 0.816. The molecule has 1 fully saturated rings. The molecule has 0 saturated carbocycles. The van der Waals surface area contributed by atoms with Crippen LogP contribution in [0.5, 0.6) is 0 Å². The fraction of sp³-hybridized carbons (Fsp3) is 0.632. The quantitative estimate of drug-likeness (QED) is 0.423. The van der Waals surface area contributed by atoms with E-state index in [0.29, 0.717) is 13.2 Å². The zero-order valence-electron chi connectivity index (χ0n) is 15.8. The van der Waals surface area contributed by atoms with Crippen molar-refractivity contribution in [3.63, 3.8) is 0 Å². The predicted octanol–water partition coefficient (Wildman–Crippen LogP) is 1.48. The number of aliphatic imine (C=N–C) groups is 1. The van der Waals surface area contributed by atoms with Gasteiger partial charge in [-0.05, 0) is 32.5 Å². The van der Waals surface area contributed by atoms with Crippen LogP contribution in [0.25, 0.3) is 0 Å². The van der Waals surface area contributed by atoms with Crippen molar-refractivity contribution in [3.05, 3.63) is 35.9 Å². The van der Waals surface area contributed by atoms with Crippen molar-refractivity contribution in [2.75, 3.05) is 54.1 Å². The molecular weight excluding hydrogens is 316 g/mol. The number of guanidine groups is 1. The number of hydrogen-bond acceptors (Lipinski definition) is 4. The molecule has 0 bridgehead atoms. The van der Waals surface area contributed by atoms with Crippen LogP contribution in [-0.4, -0.2) is 70.5 Å². The summed E-state index contributed by atoms with van der Waals surface area (Å²) in [7, 11) is 6.08. The van der Waals surface area contributed by atoms with Crippen LogP contribution < -0.4 is 10.6 Å². The molecule has 0 amide bonds. The lowest BCUT2D eigenvalue weighted by atomic mass is 9.88. The Morgan fingerprint density at radius 3 is 2.56 bits per heavy atom. The van der Waals surface area contributed by atoms with Crippen molar-refractivity contribution in [3.8, 4) is 0 Å². The molecule has 6 heteroatoms. The number of nitrogens with one attached hydrogen (secondary N) is 2. The molecule has 140 valence electrons. The maximum Gasteiger partial charge on any atom is 0.191 e. The number of rotatable bonds is 8. The maximum atomic E-state index is 5.70. The normalized spacial score (nSPS) is 17.5. The molecule has 0 atom stereocenters. The highest BCUT2D eigenvalue weighted by Crippen LogP contribution is 2.24. The lowest BCUT2D eigenvalue weighted by Gasteiger charge is -2.43. The molecule has 2 rings (SSSR count). The Bertz CT molecular complexity index is 513. The van der Waals surface area contributed by atoms with Crippen LogP contribution >= 0.6 is 0 Å². The first kappa shape index (κ1) is 19.7. The molecule has 0 aliphatic carbocycles. The zero-order valence-corrected chi connectivity index (χ0v) is 15.8. The van der Waals surface area contributed by atoms with E-state index >= 15 is 0 Å². The van der Waals surface area contributed by atoms with E-state index in [-0.39, 0.29) is 5.54 Å². The van der Waals surface area contributed by atoms with Gasteiger partial charge < -0.3 is 25.0 Å². The molecule has 2 N–H and O–H groups in total. The first-order valence-corrected chi connectivity index (χ1v) is 8.98. The third-order valence-electron chi connectivity index (χ3n) is 4.83. The zero-order chi connectivity index (χ0) is 18.0. The van der Waals surface area contributed by atoms with E-state index in [2.05, 4.69) is 46.8 Å². The van der Waals surface area contributed by atoms with Crippen LogP contribution in [0.4, 0.5) is 0 Å². The summed E-state index contributed by atoms with van der Waals surface area (Å²) in [6, 6.07) is 10.2. The molecule has 0 spiro atoms. The second-order valence-corrected chi connectivity index (χ2v) is 6.62. The Morgan fingerprint density at radius 2 is 1.92 bits per heavy atom. The van der Waals surface area contributed by atoms with Gasteiger partial charge in [0, 0.05) is 38.9 Å². The minimum absolute atomic E-state index is 0.125. The van der Waals surface area contributed by atoms with E-state index in [0.717, 1.165) is 45.1 Å². The van der Waals surface area contributed by atoms with E-state index in [1.165, 1.54) is 5.56 Å². The minimum atomic E-state index is 0.125. The summed E-state index contributed by atoms with van der Waals surface area (Å²) in [6.45, 7) is 4.50. The topological polar surface area (TPSA) is 58.1 Å². The van der Waals surface area contributed by atoms with Crippen molar-refractivity contribution in [2.45, 2.75) is 25.0 Å². The van der Waals surface area contributed by atoms with Gasteiger partial charge in [0.2, 0.25) is 0 Å². The summed E-state index contributed by atoms with van der Waals surface area (Å²) >= 11 is 0. The number of likely N-dealkylation sites (N-methyl/N-ethyl adjacent to an activating group) is 1. The SMILES string of the molecule is CN=C(NCCOCc1ccccc1)NCC1(N(C)C)CCOCC1. The first-order valence-electron chi connectivity index (χ1n) is 8.98. The predicted molar refractivity (Wildman–Crippen MR) is 102 cm³/mol. The summed E-state index contributed by atoms with van der Waals surface area (Å²) in [4.78, 5) is 6.61. The Kier molecular flexibility index (Phi) is 8.18. The average molecular weight is 348 g/mol. The van der Waals surface area contributed by atoms with Crippen LogP contribution in [0.3, 0.4) is 0 Å². The Labute approximate surface area is 151 Å². The molecule has 6 nitrogen and oxygen atoms in total. The molecule has 0 unspecified atom stereocenters. The summed E-state index contributed by atoms with van der Waals surface area (Å²) in [5, 5.41) is 6.77. The number of hydrogen-bond donors (Lipinski definition) is 2. The molecule has 1 aromatic carbocycles. The van der Waals surface area contributed by atoms with Crippen molar-refractivity contribution < 1.29 is 9.47 Å². The maximum absolute atomic E-state index is 5.70. The number of ether oxygens (including phenoxy) is 2. The van der Waals surface area contributed by atoms with E-state index in [1.54, 1.807) is 7.05 Å². The van der Waals surface area contributed by atoms with Crippen LogP contribution in [0, 0.1) is 0 Å². The third kappa shape index (κ3) is 6.30. The van der Waals surface area contributed by atoms with E-state index in [1.807, 2.05) is 18.2 Å². The van der Waals surface area contributed by atoms with Crippen molar-refractivity contribution >= 4 is 5.96 Å². The van der Waals surface area contributed by atoms with Crippen molar-refractivity contribution in [2.24, 2.45) is 4.99 Å². The minimum Gasteiger partial charge on any atom is -0.381 e. The highest BCUT2D eigenvalue weighted by molar-refractivity contribution is 5.79.